The highest BCUT2D eigenvalue weighted by Crippen LogP contribution is 2.19. The topological polar surface area (TPSA) is 38.7 Å². The van der Waals surface area contributed by atoms with E-state index in [0.717, 1.165) is 0 Å². The largest absolute Gasteiger partial charge is 0.372 e. The maximum Gasteiger partial charge on any atom is 0.239 e. The van der Waals surface area contributed by atoms with E-state index < -0.39 is 11.2 Å². The van der Waals surface area contributed by atoms with Gasteiger partial charge in [-0.3, -0.25) is 0 Å². The third-order valence-corrected chi connectivity index (χ3v) is 1.80. The molecule has 4 heteroatoms. The first-order chi connectivity index (χ1) is 5.04. The predicted molar refractivity (Wildman–Crippen MR) is 46.6 cm³/mol. The number of ether oxygens (including phenoxy) is 2. The summed E-state index contributed by atoms with van der Waals surface area (Å²) in [4.78, 5) is 0. The molecule has 0 fully saturated rings. The van der Waals surface area contributed by atoms with Crippen LogP contribution < -0.4 is 0 Å². The molecule has 0 rings (SSSR count). The average molecular weight is 180 g/mol. The Balaban J connectivity index is 3.83. The standard InChI is InChI=1S/C7H16O3S/c1-4-9-6(3)7(8,11)10-5-2/h6,8,11H,4-5H2,1-3H3. The number of rotatable bonds is 5. The molecule has 0 radical (unpaired) electrons. The van der Waals surface area contributed by atoms with Crippen molar-refractivity contribution < 1.29 is 14.6 Å². The Hall–Kier alpha value is 0.230. The zero-order valence-electron chi connectivity index (χ0n) is 7.20. The minimum Gasteiger partial charge on any atom is -0.372 e. The fourth-order valence-corrected chi connectivity index (χ4v) is 0.892. The first-order valence-electron chi connectivity index (χ1n) is 3.74. The molecule has 0 aromatic rings. The third-order valence-electron chi connectivity index (χ3n) is 1.30. The summed E-state index contributed by atoms with van der Waals surface area (Å²) < 4.78 is 10.0. The van der Waals surface area contributed by atoms with Crippen LogP contribution in [0, 0.1) is 0 Å². The number of aliphatic hydroxyl groups is 1. The van der Waals surface area contributed by atoms with Crippen molar-refractivity contribution in [1.82, 2.24) is 0 Å². The molecule has 0 bridgehead atoms. The Morgan fingerprint density at radius 2 is 2.00 bits per heavy atom. The van der Waals surface area contributed by atoms with Crippen LogP contribution in [0.2, 0.25) is 0 Å². The van der Waals surface area contributed by atoms with Crippen LogP contribution >= 0.6 is 12.6 Å². The van der Waals surface area contributed by atoms with Gasteiger partial charge in [0.25, 0.3) is 0 Å². The second kappa shape index (κ2) is 4.98. The van der Waals surface area contributed by atoms with E-state index >= 15 is 0 Å². The molecule has 0 spiro atoms. The van der Waals surface area contributed by atoms with Gasteiger partial charge in [-0.15, -0.1) is 12.6 Å². The number of thiol groups is 1. The smallest absolute Gasteiger partial charge is 0.239 e. The van der Waals surface area contributed by atoms with Crippen molar-refractivity contribution in [3.63, 3.8) is 0 Å². The summed E-state index contributed by atoms with van der Waals surface area (Å²) in [6, 6.07) is 0. The van der Waals surface area contributed by atoms with Gasteiger partial charge in [-0.1, -0.05) is 0 Å². The minimum atomic E-state index is -1.47. The molecule has 11 heavy (non-hydrogen) atoms. The maximum absolute atomic E-state index is 9.43. The van der Waals surface area contributed by atoms with Crippen LogP contribution in [0.4, 0.5) is 0 Å². The molecule has 0 aromatic carbocycles. The third kappa shape index (κ3) is 3.96. The van der Waals surface area contributed by atoms with E-state index in [-0.39, 0.29) is 0 Å². The fourth-order valence-electron chi connectivity index (χ4n) is 0.688. The van der Waals surface area contributed by atoms with Crippen LogP contribution in [0.15, 0.2) is 0 Å². The maximum atomic E-state index is 9.43. The second-order valence-corrected chi connectivity index (χ2v) is 2.83. The van der Waals surface area contributed by atoms with E-state index in [2.05, 4.69) is 12.6 Å². The Morgan fingerprint density at radius 3 is 2.36 bits per heavy atom. The first-order valence-corrected chi connectivity index (χ1v) is 4.19. The summed E-state index contributed by atoms with van der Waals surface area (Å²) in [6.45, 7) is 6.31. The van der Waals surface area contributed by atoms with Crippen LogP contribution in [0.1, 0.15) is 20.8 Å². The van der Waals surface area contributed by atoms with Crippen LogP contribution in [0.25, 0.3) is 0 Å². The van der Waals surface area contributed by atoms with E-state index in [0.29, 0.717) is 13.2 Å². The lowest BCUT2D eigenvalue weighted by Crippen LogP contribution is -2.39. The molecule has 0 aliphatic heterocycles. The quantitative estimate of drug-likeness (QED) is 0.490. The lowest BCUT2D eigenvalue weighted by molar-refractivity contribution is -0.194. The molecule has 2 atom stereocenters. The van der Waals surface area contributed by atoms with Gasteiger partial charge in [-0.05, 0) is 20.8 Å². The predicted octanol–water partition coefficient (Wildman–Crippen LogP) is 1.02. The molecule has 0 aliphatic carbocycles. The van der Waals surface area contributed by atoms with Crippen LogP contribution in [0.3, 0.4) is 0 Å². The summed E-state index contributed by atoms with van der Waals surface area (Å²) in [7, 11) is 0. The highest BCUT2D eigenvalue weighted by molar-refractivity contribution is 7.81. The highest BCUT2D eigenvalue weighted by atomic mass is 32.1. The van der Waals surface area contributed by atoms with Crippen LogP contribution in [-0.2, 0) is 9.47 Å². The summed E-state index contributed by atoms with van der Waals surface area (Å²) >= 11 is 3.90. The molecule has 0 aliphatic rings. The monoisotopic (exact) mass is 180 g/mol. The van der Waals surface area contributed by atoms with Crippen LogP contribution in [0.5, 0.6) is 0 Å². The van der Waals surface area contributed by atoms with Gasteiger partial charge < -0.3 is 14.6 Å². The molecule has 0 saturated carbocycles. The van der Waals surface area contributed by atoms with Crippen molar-refractivity contribution in [1.29, 1.82) is 0 Å². The van der Waals surface area contributed by atoms with Gasteiger partial charge >= 0.3 is 0 Å². The van der Waals surface area contributed by atoms with E-state index in [1.807, 2.05) is 6.92 Å². The molecular weight excluding hydrogens is 164 g/mol. The Labute approximate surface area is 73.1 Å². The van der Waals surface area contributed by atoms with Gasteiger partial charge in [0.1, 0.15) is 6.10 Å². The summed E-state index contributed by atoms with van der Waals surface area (Å²) in [5, 5.41) is 7.96. The van der Waals surface area contributed by atoms with Gasteiger partial charge in [-0.2, -0.15) is 0 Å². The van der Waals surface area contributed by atoms with E-state index in [4.69, 9.17) is 9.47 Å². The van der Waals surface area contributed by atoms with Gasteiger partial charge in [0.05, 0.1) is 0 Å². The SMILES string of the molecule is CCOC(C)C(O)(S)OCC. The van der Waals surface area contributed by atoms with Gasteiger partial charge in [0, 0.05) is 13.2 Å². The summed E-state index contributed by atoms with van der Waals surface area (Å²) in [6.07, 6.45) is -0.421. The highest BCUT2D eigenvalue weighted by Gasteiger charge is 2.30. The number of hydrogen-bond acceptors (Lipinski definition) is 4. The molecule has 3 nitrogen and oxygen atoms in total. The Kier molecular flexibility index (Phi) is 5.08. The molecule has 1 N–H and O–H groups in total. The normalized spacial score (nSPS) is 19.4. The van der Waals surface area contributed by atoms with E-state index in [1.54, 1.807) is 13.8 Å². The summed E-state index contributed by atoms with van der Waals surface area (Å²) in [5.41, 5.74) is 0. The molecule has 0 heterocycles. The van der Waals surface area contributed by atoms with Crippen molar-refractivity contribution in [3.8, 4) is 0 Å². The molecular formula is C7H16O3S. The van der Waals surface area contributed by atoms with Gasteiger partial charge in [-0.25, -0.2) is 0 Å². The lowest BCUT2D eigenvalue weighted by atomic mass is 10.4. The molecule has 2 unspecified atom stereocenters. The van der Waals surface area contributed by atoms with E-state index in [1.165, 1.54) is 0 Å². The lowest BCUT2D eigenvalue weighted by Gasteiger charge is -2.27. The van der Waals surface area contributed by atoms with Crippen molar-refractivity contribution in [3.05, 3.63) is 0 Å². The number of hydrogen-bond donors (Lipinski definition) is 2. The molecule has 0 saturated heterocycles. The van der Waals surface area contributed by atoms with Crippen LogP contribution in [-0.4, -0.2) is 29.5 Å². The van der Waals surface area contributed by atoms with E-state index in [9.17, 15) is 5.11 Å². The average Bonchev–Trinajstić information content (AvgIpc) is 1.88. The van der Waals surface area contributed by atoms with Crippen molar-refractivity contribution in [2.45, 2.75) is 32.0 Å². The Morgan fingerprint density at radius 1 is 1.45 bits per heavy atom. The van der Waals surface area contributed by atoms with Gasteiger partial charge in [0.2, 0.25) is 5.12 Å². The zero-order valence-corrected chi connectivity index (χ0v) is 8.10. The Bertz CT molecular complexity index is 106. The minimum absolute atomic E-state index is 0.414. The molecule has 0 aromatic heterocycles. The zero-order chi connectivity index (χ0) is 8.91. The second-order valence-electron chi connectivity index (χ2n) is 2.19. The van der Waals surface area contributed by atoms with Crippen molar-refractivity contribution >= 4 is 12.6 Å². The van der Waals surface area contributed by atoms with Crippen molar-refractivity contribution in [2.24, 2.45) is 0 Å². The fraction of sp³-hybridized carbons (Fsp3) is 1.00. The van der Waals surface area contributed by atoms with Crippen molar-refractivity contribution in [2.75, 3.05) is 13.2 Å². The summed E-state index contributed by atoms with van der Waals surface area (Å²) in [5.74, 6) is 0. The first kappa shape index (κ1) is 11.2. The molecule has 68 valence electrons. The molecule has 0 amide bonds. The van der Waals surface area contributed by atoms with Gasteiger partial charge in [0.15, 0.2) is 0 Å².